The van der Waals surface area contributed by atoms with Gasteiger partial charge in [-0.2, -0.15) is 4.98 Å². The van der Waals surface area contributed by atoms with Gasteiger partial charge in [0.1, 0.15) is 5.75 Å². The van der Waals surface area contributed by atoms with Crippen molar-refractivity contribution >= 4 is 11.6 Å². The van der Waals surface area contributed by atoms with E-state index in [1.165, 1.54) is 5.56 Å². The van der Waals surface area contributed by atoms with Crippen molar-refractivity contribution in [3.8, 4) is 17.1 Å². The van der Waals surface area contributed by atoms with Crippen LogP contribution in [0.3, 0.4) is 0 Å². The molecule has 2 aromatic carbocycles. The third-order valence-corrected chi connectivity index (χ3v) is 5.35. The second-order valence-corrected chi connectivity index (χ2v) is 7.67. The first-order valence-electron chi connectivity index (χ1n) is 10.2. The Hall–Kier alpha value is -3.19. The van der Waals surface area contributed by atoms with E-state index >= 15 is 0 Å². The Bertz CT molecular complexity index is 1000. The number of ether oxygens (including phenoxy) is 1. The first kappa shape index (κ1) is 20.1. The Morgan fingerprint density at radius 3 is 2.90 bits per heavy atom. The van der Waals surface area contributed by atoms with E-state index in [0.29, 0.717) is 24.8 Å². The Kier molecular flexibility index (Phi) is 6.09. The van der Waals surface area contributed by atoms with Crippen molar-refractivity contribution in [1.82, 2.24) is 15.0 Å². The molecule has 1 aliphatic rings. The number of benzene rings is 2. The van der Waals surface area contributed by atoms with Crippen LogP contribution in [-0.2, 0) is 11.3 Å². The summed E-state index contributed by atoms with van der Waals surface area (Å²) in [6.45, 7) is 4.16. The standard InChI is InChI=1S/C23H26N4O3/c1-16-8-10-17(11-9-16)22-25-21(30-26-22)15-27-12-4-5-18(14-27)23(28)24-19-6-3-7-20(13-19)29-2/h3,6-11,13,18H,4-5,12,14-15H2,1-2H3,(H,24,28). The van der Waals surface area contributed by atoms with E-state index in [-0.39, 0.29) is 11.8 Å². The fourth-order valence-corrected chi connectivity index (χ4v) is 3.69. The number of anilines is 1. The minimum Gasteiger partial charge on any atom is -0.497 e. The lowest BCUT2D eigenvalue weighted by atomic mass is 9.97. The van der Waals surface area contributed by atoms with Crippen molar-refractivity contribution in [2.45, 2.75) is 26.3 Å². The van der Waals surface area contributed by atoms with Crippen LogP contribution in [0, 0.1) is 12.8 Å². The molecular weight excluding hydrogens is 380 g/mol. The predicted octanol–water partition coefficient (Wildman–Crippen LogP) is 3.90. The lowest BCUT2D eigenvalue weighted by Crippen LogP contribution is -2.40. The maximum Gasteiger partial charge on any atom is 0.241 e. The Morgan fingerprint density at radius 1 is 1.27 bits per heavy atom. The highest BCUT2D eigenvalue weighted by Crippen LogP contribution is 2.23. The van der Waals surface area contributed by atoms with Gasteiger partial charge in [-0.1, -0.05) is 41.1 Å². The van der Waals surface area contributed by atoms with Crippen LogP contribution in [0.25, 0.3) is 11.4 Å². The molecule has 1 saturated heterocycles. The molecular formula is C23H26N4O3. The summed E-state index contributed by atoms with van der Waals surface area (Å²) in [5, 5.41) is 7.11. The van der Waals surface area contributed by atoms with Gasteiger partial charge in [-0.3, -0.25) is 9.69 Å². The number of nitrogens with zero attached hydrogens (tertiary/aromatic N) is 3. The molecule has 1 fully saturated rings. The summed E-state index contributed by atoms with van der Waals surface area (Å²) < 4.78 is 10.7. The summed E-state index contributed by atoms with van der Waals surface area (Å²) in [6.07, 6.45) is 1.82. The smallest absolute Gasteiger partial charge is 0.241 e. The molecule has 0 radical (unpaired) electrons. The number of aromatic nitrogens is 2. The number of hydrogen-bond acceptors (Lipinski definition) is 6. The third-order valence-electron chi connectivity index (χ3n) is 5.35. The van der Waals surface area contributed by atoms with Crippen molar-refractivity contribution in [2.24, 2.45) is 5.92 Å². The average molecular weight is 406 g/mol. The van der Waals surface area contributed by atoms with E-state index in [1.54, 1.807) is 7.11 Å². The molecule has 1 atom stereocenters. The SMILES string of the molecule is COc1cccc(NC(=O)C2CCCN(Cc3nc(-c4ccc(C)cc4)no3)C2)c1. The first-order valence-corrected chi connectivity index (χ1v) is 10.2. The normalized spacial score (nSPS) is 16.9. The van der Waals surface area contributed by atoms with Crippen LogP contribution in [0.4, 0.5) is 5.69 Å². The van der Waals surface area contributed by atoms with E-state index in [0.717, 1.165) is 36.4 Å². The topological polar surface area (TPSA) is 80.5 Å². The predicted molar refractivity (Wildman–Crippen MR) is 114 cm³/mol. The fourth-order valence-electron chi connectivity index (χ4n) is 3.69. The number of likely N-dealkylation sites (tertiary alicyclic amines) is 1. The van der Waals surface area contributed by atoms with Gasteiger partial charge in [-0.15, -0.1) is 0 Å². The van der Waals surface area contributed by atoms with E-state index in [2.05, 4.69) is 20.4 Å². The second kappa shape index (κ2) is 9.09. The van der Waals surface area contributed by atoms with Crippen LogP contribution in [0.5, 0.6) is 5.75 Å². The lowest BCUT2D eigenvalue weighted by molar-refractivity contribution is -0.121. The fraction of sp³-hybridized carbons (Fsp3) is 0.348. The van der Waals surface area contributed by atoms with Crippen LogP contribution in [0.2, 0.25) is 0 Å². The molecule has 2 heterocycles. The molecule has 1 amide bonds. The number of carbonyl (C=O) groups excluding carboxylic acids is 1. The van der Waals surface area contributed by atoms with Crippen LogP contribution in [-0.4, -0.2) is 41.1 Å². The third kappa shape index (κ3) is 4.86. The number of amides is 1. The van der Waals surface area contributed by atoms with E-state index in [4.69, 9.17) is 9.26 Å². The molecule has 7 nitrogen and oxygen atoms in total. The molecule has 0 saturated carbocycles. The molecule has 1 unspecified atom stereocenters. The van der Waals surface area contributed by atoms with Crippen LogP contribution in [0.15, 0.2) is 53.1 Å². The van der Waals surface area contributed by atoms with E-state index in [9.17, 15) is 4.79 Å². The van der Waals surface area contributed by atoms with Crippen LogP contribution < -0.4 is 10.1 Å². The van der Waals surface area contributed by atoms with Gasteiger partial charge in [0, 0.05) is 23.9 Å². The maximum atomic E-state index is 12.8. The second-order valence-electron chi connectivity index (χ2n) is 7.67. The first-order chi connectivity index (χ1) is 14.6. The highest BCUT2D eigenvalue weighted by molar-refractivity contribution is 5.92. The number of hydrogen-bond donors (Lipinski definition) is 1. The van der Waals surface area contributed by atoms with Crippen molar-refractivity contribution in [2.75, 3.05) is 25.5 Å². The van der Waals surface area contributed by atoms with Crippen molar-refractivity contribution < 1.29 is 14.1 Å². The number of nitrogens with one attached hydrogen (secondary N) is 1. The van der Waals surface area contributed by atoms with Crippen molar-refractivity contribution in [3.05, 3.63) is 60.0 Å². The molecule has 4 rings (SSSR count). The monoisotopic (exact) mass is 406 g/mol. The van der Waals surface area contributed by atoms with Gasteiger partial charge in [0.2, 0.25) is 17.6 Å². The molecule has 3 aromatic rings. The van der Waals surface area contributed by atoms with E-state index in [1.807, 2.05) is 55.5 Å². The molecule has 30 heavy (non-hydrogen) atoms. The Morgan fingerprint density at radius 2 is 2.10 bits per heavy atom. The highest BCUT2D eigenvalue weighted by atomic mass is 16.5. The largest absolute Gasteiger partial charge is 0.497 e. The lowest BCUT2D eigenvalue weighted by Gasteiger charge is -2.30. The van der Waals surface area contributed by atoms with E-state index < -0.39 is 0 Å². The van der Waals surface area contributed by atoms with Gasteiger partial charge >= 0.3 is 0 Å². The van der Waals surface area contributed by atoms with Gasteiger partial charge in [0.25, 0.3) is 0 Å². The number of aryl methyl sites for hydroxylation is 1. The number of methoxy groups -OCH3 is 1. The number of piperidine rings is 1. The van der Waals surface area contributed by atoms with Crippen LogP contribution in [0.1, 0.15) is 24.3 Å². The molecule has 7 heteroatoms. The highest BCUT2D eigenvalue weighted by Gasteiger charge is 2.27. The summed E-state index contributed by atoms with van der Waals surface area (Å²) in [5.41, 5.74) is 2.87. The summed E-state index contributed by atoms with van der Waals surface area (Å²) in [5.74, 6) is 1.83. The molecule has 1 aliphatic heterocycles. The zero-order chi connectivity index (χ0) is 20.9. The van der Waals surface area contributed by atoms with Crippen molar-refractivity contribution in [3.63, 3.8) is 0 Å². The summed E-state index contributed by atoms with van der Waals surface area (Å²) in [4.78, 5) is 19.5. The van der Waals surface area contributed by atoms with Gasteiger partial charge in [-0.25, -0.2) is 0 Å². The Balaban J connectivity index is 1.36. The molecule has 0 aliphatic carbocycles. The number of carbonyl (C=O) groups is 1. The summed E-state index contributed by atoms with van der Waals surface area (Å²) in [6, 6.07) is 15.4. The number of rotatable bonds is 6. The summed E-state index contributed by atoms with van der Waals surface area (Å²) >= 11 is 0. The van der Waals surface area contributed by atoms with Gasteiger partial charge in [-0.05, 0) is 38.4 Å². The zero-order valence-corrected chi connectivity index (χ0v) is 17.3. The van der Waals surface area contributed by atoms with Crippen LogP contribution >= 0.6 is 0 Å². The molecule has 1 aromatic heterocycles. The minimum absolute atomic E-state index is 0.0267. The van der Waals surface area contributed by atoms with Gasteiger partial charge in [0.15, 0.2) is 0 Å². The van der Waals surface area contributed by atoms with Crippen molar-refractivity contribution in [1.29, 1.82) is 0 Å². The molecule has 156 valence electrons. The quantitative estimate of drug-likeness (QED) is 0.669. The maximum absolute atomic E-state index is 12.8. The van der Waals surface area contributed by atoms with Gasteiger partial charge < -0.3 is 14.6 Å². The molecule has 0 spiro atoms. The molecule has 1 N–H and O–H groups in total. The van der Waals surface area contributed by atoms with Gasteiger partial charge in [0.05, 0.1) is 19.6 Å². The molecule has 0 bridgehead atoms. The minimum atomic E-state index is -0.0792. The summed E-state index contributed by atoms with van der Waals surface area (Å²) in [7, 11) is 1.61. The zero-order valence-electron chi connectivity index (χ0n) is 17.3. The average Bonchev–Trinajstić information content (AvgIpc) is 3.23. The Labute approximate surface area is 176 Å².